The summed E-state index contributed by atoms with van der Waals surface area (Å²) in [5.41, 5.74) is 3.00. The Kier molecular flexibility index (Phi) is 12.7. The smallest absolute Gasteiger partial charge is 0.130 e. The van der Waals surface area contributed by atoms with Gasteiger partial charge >= 0.3 is 0 Å². The Morgan fingerprint density at radius 3 is 2.00 bits per heavy atom. The van der Waals surface area contributed by atoms with E-state index in [0.717, 1.165) is 22.4 Å². The molecule has 0 N–H and O–H groups in total. The first-order valence-corrected chi connectivity index (χ1v) is 8.28. The molecule has 0 bridgehead atoms. The third-order valence-corrected chi connectivity index (χ3v) is 3.38. The second-order valence-electron chi connectivity index (χ2n) is 4.82. The molecule has 0 radical (unpaired) electrons. The van der Waals surface area contributed by atoms with Gasteiger partial charge in [0.25, 0.3) is 0 Å². The molecule has 0 aliphatic rings. The van der Waals surface area contributed by atoms with E-state index < -0.39 is 0 Å². The molecular weight excluding hydrogens is 280 g/mol. The molecule has 1 aromatic carbocycles. The third-order valence-electron chi connectivity index (χ3n) is 3.38. The van der Waals surface area contributed by atoms with Crippen LogP contribution < -0.4 is 4.74 Å². The van der Waals surface area contributed by atoms with Gasteiger partial charge in [-0.3, -0.25) is 0 Å². The highest BCUT2D eigenvalue weighted by molar-refractivity contribution is 5.61. The van der Waals surface area contributed by atoms with Crippen LogP contribution in [-0.4, -0.2) is 7.11 Å². The van der Waals surface area contributed by atoms with Crippen LogP contribution in [0.1, 0.15) is 52.7 Å². The number of hydrogen-bond donors (Lipinski definition) is 0. The predicted octanol–water partition coefficient (Wildman–Crippen LogP) is 6.97. The molecule has 0 saturated heterocycles. The zero-order valence-corrected chi connectivity index (χ0v) is 16.1. The Labute approximate surface area is 144 Å². The summed E-state index contributed by atoms with van der Waals surface area (Å²) in [6.07, 6.45) is 7.43. The van der Waals surface area contributed by atoms with Gasteiger partial charge < -0.3 is 4.74 Å². The lowest BCUT2D eigenvalue weighted by Crippen LogP contribution is -2.20. The van der Waals surface area contributed by atoms with Crippen LogP contribution in [0.25, 0.3) is 6.08 Å². The van der Waals surface area contributed by atoms with Crippen molar-refractivity contribution in [3.8, 4) is 5.75 Å². The first-order chi connectivity index (χ1) is 11.0. The van der Waals surface area contributed by atoms with E-state index in [4.69, 9.17) is 4.74 Å². The highest BCUT2D eigenvalue weighted by atomic mass is 16.5. The van der Waals surface area contributed by atoms with Crippen LogP contribution in [0.5, 0.6) is 5.75 Å². The Hall–Kier alpha value is -2.02. The molecule has 1 aromatic rings. The number of methoxy groups -OCH3 is 1. The van der Waals surface area contributed by atoms with E-state index in [2.05, 4.69) is 39.7 Å². The topological polar surface area (TPSA) is 9.23 Å². The zero-order chi connectivity index (χ0) is 18.5. The first-order valence-electron chi connectivity index (χ1n) is 8.28. The van der Waals surface area contributed by atoms with Crippen molar-refractivity contribution in [1.82, 2.24) is 0 Å². The van der Waals surface area contributed by atoms with Crippen molar-refractivity contribution < 1.29 is 4.74 Å². The van der Waals surface area contributed by atoms with Crippen LogP contribution in [0.2, 0.25) is 0 Å². The van der Waals surface area contributed by atoms with Crippen molar-refractivity contribution in [2.45, 2.75) is 47.0 Å². The second-order valence-corrected chi connectivity index (χ2v) is 4.82. The van der Waals surface area contributed by atoms with E-state index in [0.29, 0.717) is 0 Å². The van der Waals surface area contributed by atoms with Gasteiger partial charge in [-0.2, -0.15) is 0 Å². The molecule has 0 aromatic heterocycles. The number of allylic oxidation sites excluding steroid dienone is 4. The van der Waals surface area contributed by atoms with Gasteiger partial charge in [-0.05, 0) is 5.57 Å². The summed E-state index contributed by atoms with van der Waals surface area (Å²) in [5, 5.41) is 0. The minimum absolute atomic E-state index is 0.208. The van der Waals surface area contributed by atoms with Crippen molar-refractivity contribution in [3.63, 3.8) is 0 Å². The van der Waals surface area contributed by atoms with Gasteiger partial charge in [0.2, 0.25) is 0 Å². The Balaban J connectivity index is 0. The largest absolute Gasteiger partial charge is 0.496 e. The minimum atomic E-state index is -0.208. The van der Waals surface area contributed by atoms with Crippen LogP contribution in [0.4, 0.5) is 0 Å². The predicted molar refractivity (Wildman–Crippen MR) is 107 cm³/mol. The van der Waals surface area contributed by atoms with Crippen LogP contribution in [0.15, 0.2) is 61.7 Å². The average molecular weight is 315 g/mol. The van der Waals surface area contributed by atoms with Gasteiger partial charge in [0, 0.05) is 16.5 Å². The van der Waals surface area contributed by atoms with E-state index in [1.54, 1.807) is 13.2 Å². The van der Waals surface area contributed by atoms with Crippen LogP contribution in [-0.2, 0) is 5.41 Å². The van der Waals surface area contributed by atoms with Crippen LogP contribution in [0.3, 0.4) is 0 Å². The summed E-state index contributed by atoms with van der Waals surface area (Å²) in [6, 6.07) is 6.09. The lowest BCUT2D eigenvalue weighted by Gasteiger charge is -2.29. The van der Waals surface area contributed by atoms with E-state index >= 15 is 0 Å². The summed E-state index contributed by atoms with van der Waals surface area (Å²) in [4.78, 5) is 0. The lowest BCUT2D eigenvalue weighted by atomic mass is 9.76. The van der Waals surface area contributed by atoms with Gasteiger partial charge in [0.15, 0.2) is 0 Å². The fourth-order valence-electron chi connectivity index (χ4n) is 2.25. The number of ether oxygens (including phenoxy) is 1. The Morgan fingerprint density at radius 1 is 1.04 bits per heavy atom. The summed E-state index contributed by atoms with van der Waals surface area (Å²) in [7, 11) is 1.69. The van der Waals surface area contributed by atoms with E-state index in [9.17, 15) is 0 Å². The molecule has 0 heterocycles. The number of para-hydroxylation sites is 1. The quantitative estimate of drug-likeness (QED) is 0.515. The number of hydrogen-bond acceptors (Lipinski definition) is 1. The molecule has 128 valence electrons. The third kappa shape index (κ3) is 5.94. The van der Waals surface area contributed by atoms with Gasteiger partial charge in [-0.1, -0.05) is 104 Å². The van der Waals surface area contributed by atoms with Crippen molar-refractivity contribution in [1.29, 1.82) is 0 Å². The molecule has 0 atom stereocenters. The summed E-state index contributed by atoms with van der Waals surface area (Å²) >= 11 is 0. The van der Waals surface area contributed by atoms with E-state index in [-0.39, 0.29) is 5.41 Å². The Morgan fingerprint density at radius 2 is 1.61 bits per heavy atom. The minimum Gasteiger partial charge on any atom is -0.496 e. The maximum absolute atomic E-state index is 5.57. The van der Waals surface area contributed by atoms with Crippen molar-refractivity contribution in [2.75, 3.05) is 7.11 Å². The maximum Gasteiger partial charge on any atom is 0.130 e. The highest BCUT2D eigenvalue weighted by Gasteiger charge is 2.27. The molecular formula is C22H34O. The van der Waals surface area contributed by atoms with Crippen molar-refractivity contribution in [2.24, 2.45) is 0 Å². The fourth-order valence-corrected chi connectivity index (χ4v) is 2.25. The standard InChI is InChI=1S/C18H22O.2C2H6/c1-7-11-15(9-3)18(4,5)16-13-10-12-14(8-2)17(16)19-6;2*1-2/h7-13H,1-3H2,4-6H3;2*1-2H3/b15-11+;;. The molecule has 1 heteroatoms. The summed E-state index contributed by atoms with van der Waals surface area (Å²) in [6.45, 7) is 23.8. The summed E-state index contributed by atoms with van der Waals surface area (Å²) in [5.74, 6) is 0.860. The molecule has 23 heavy (non-hydrogen) atoms. The SMILES string of the molecule is C=C/C=C(\C=C)C(C)(C)c1cccc(C=C)c1OC.CC.CC. The molecule has 0 aliphatic heterocycles. The van der Waals surface area contributed by atoms with Gasteiger partial charge in [0.05, 0.1) is 7.11 Å². The van der Waals surface area contributed by atoms with Gasteiger partial charge in [-0.25, -0.2) is 0 Å². The Bertz CT molecular complexity index is 519. The number of benzene rings is 1. The van der Waals surface area contributed by atoms with Crippen molar-refractivity contribution >= 4 is 6.08 Å². The van der Waals surface area contributed by atoms with Crippen LogP contribution >= 0.6 is 0 Å². The molecule has 0 saturated carbocycles. The average Bonchev–Trinajstić information content (AvgIpc) is 2.61. The van der Waals surface area contributed by atoms with E-state index in [1.165, 1.54) is 0 Å². The van der Waals surface area contributed by atoms with Crippen molar-refractivity contribution in [3.05, 3.63) is 72.9 Å². The maximum atomic E-state index is 5.57. The molecule has 0 spiro atoms. The molecule has 0 fully saturated rings. The zero-order valence-electron chi connectivity index (χ0n) is 16.1. The monoisotopic (exact) mass is 314 g/mol. The summed E-state index contributed by atoms with van der Waals surface area (Å²) < 4.78 is 5.57. The molecule has 0 unspecified atom stereocenters. The normalized spacial score (nSPS) is 10.3. The molecule has 0 amide bonds. The van der Waals surface area contributed by atoms with Gasteiger partial charge in [-0.15, -0.1) is 0 Å². The second kappa shape index (κ2) is 12.5. The molecule has 1 rings (SSSR count). The number of rotatable bonds is 6. The molecule has 1 nitrogen and oxygen atoms in total. The highest BCUT2D eigenvalue weighted by Crippen LogP contribution is 2.39. The van der Waals surface area contributed by atoms with E-state index in [1.807, 2.05) is 58.1 Å². The fraction of sp³-hybridized carbons (Fsp3) is 0.364. The lowest BCUT2D eigenvalue weighted by molar-refractivity contribution is 0.400. The first kappa shape index (κ1) is 23.2. The van der Waals surface area contributed by atoms with Crippen LogP contribution in [0, 0.1) is 0 Å². The van der Waals surface area contributed by atoms with Gasteiger partial charge in [0.1, 0.15) is 5.75 Å². The molecule has 0 aliphatic carbocycles.